The highest BCUT2D eigenvalue weighted by Gasteiger charge is 2.52. The number of carbonyl (C=O) groups is 1. The van der Waals surface area contributed by atoms with E-state index in [2.05, 4.69) is 17.3 Å². The molecule has 4 aliphatic carbocycles. The van der Waals surface area contributed by atoms with Crippen molar-refractivity contribution in [2.24, 2.45) is 29.6 Å². The second kappa shape index (κ2) is 5.91. The van der Waals surface area contributed by atoms with E-state index in [1.165, 1.54) is 57.8 Å². The van der Waals surface area contributed by atoms with E-state index in [1.54, 1.807) is 0 Å². The second-order valence-electron chi connectivity index (χ2n) is 9.17. The standard InChI is InChI=1S/C19H30N2O.ClH/c1-21(17-9-15-2-3-16(10-17)20-15)19(22)18-13-5-11-4-12(7-13)8-14(18)6-11;/h11-18,20H,2-10H2,1H3;1H. The molecule has 1 amide bonds. The van der Waals surface area contributed by atoms with Crippen molar-refractivity contribution in [2.45, 2.75) is 75.9 Å². The quantitative estimate of drug-likeness (QED) is 0.838. The van der Waals surface area contributed by atoms with Crippen LogP contribution < -0.4 is 5.32 Å². The molecular weight excluding hydrogens is 308 g/mol. The number of halogens is 1. The molecule has 0 spiro atoms. The number of nitrogens with zero attached hydrogens (tertiary/aromatic N) is 1. The number of hydrogen-bond acceptors (Lipinski definition) is 2. The molecule has 2 unspecified atom stereocenters. The molecule has 4 heteroatoms. The monoisotopic (exact) mass is 338 g/mol. The molecule has 0 radical (unpaired) electrons. The summed E-state index contributed by atoms with van der Waals surface area (Å²) < 4.78 is 0. The molecule has 6 aliphatic rings. The van der Waals surface area contributed by atoms with Crippen molar-refractivity contribution in [2.75, 3.05) is 7.05 Å². The Morgan fingerprint density at radius 1 is 0.870 bits per heavy atom. The van der Waals surface area contributed by atoms with E-state index in [0.717, 1.165) is 23.7 Å². The minimum atomic E-state index is 0. The Morgan fingerprint density at radius 2 is 1.39 bits per heavy atom. The highest BCUT2D eigenvalue weighted by molar-refractivity contribution is 5.85. The normalized spacial score (nSPS) is 49.8. The SMILES string of the molecule is CN(C(=O)C1C2CC3CC(C2)CC1C3)C1CC2CCC(C1)N2.Cl. The van der Waals surface area contributed by atoms with Gasteiger partial charge in [-0.25, -0.2) is 0 Å². The van der Waals surface area contributed by atoms with Gasteiger partial charge < -0.3 is 10.2 Å². The highest BCUT2D eigenvalue weighted by Crippen LogP contribution is 2.57. The van der Waals surface area contributed by atoms with Crippen LogP contribution in [0.3, 0.4) is 0 Å². The smallest absolute Gasteiger partial charge is 0.226 e. The maximum absolute atomic E-state index is 13.3. The summed E-state index contributed by atoms with van der Waals surface area (Å²) in [5, 5.41) is 3.71. The fourth-order valence-electron chi connectivity index (χ4n) is 7.09. The molecular formula is C19H31ClN2O. The summed E-state index contributed by atoms with van der Waals surface area (Å²) >= 11 is 0. The van der Waals surface area contributed by atoms with Gasteiger partial charge in [0.05, 0.1) is 0 Å². The second-order valence-corrected chi connectivity index (χ2v) is 9.17. The Labute approximate surface area is 146 Å². The van der Waals surface area contributed by atoms with Gasteiger partial charge in [0, 0.05) is 31.1 Å². The van der Waals surface area contributed by atoms with Crippen LogP contribution in [0.15, 0.2) is 0 Å². The zero-order valence-electron chi connectivity index (χ0n) is 14.2. The van der Waals surface area contributed by atoms with Crippen molar-refractivity contribution in [3.8, 4) is 0 Å². The predicted molar refractivity (Wildman–Crippen MR) is 93.5 cm³/mol. The molecule has 0 aromatic heterocycles. The molecule has 2 heterocycles. The number of carbonyl (C=O) groups excluding carboxylic acids is 1. The number of piperidine rings is 1. The Kier molecular flexibility index (Phi) is 4.16. The molecule has 0 aromatic rings. The van der Waals surface area contributed by atoms with Crippen LogP contribution in [-0.4, -0.2) is 36.0 Å². The fourth-order valence-corrected chi connectivity index (χ4v) is 7.09. The zero-order chi connectivity index (χ0) is 14.8. The predicted octanol–water partition coefficient (Wildman–Crippen LogP) is 3.22. The maximum atomic E-state index is 13.3. The summed E-state index contributed by atoms with van der Waals surface area (Å²) in [7, 11) is 2.11. The summed E-state index contributed by atoms with van der Waals surface area (Å²) in [5.74, 6) is 4.28. The average Bonchev–Trinajstić information content (AvgIpc) is 2.83. The average molecular weight is 339 g/mol. The van der Waals surface area contributed by atoms with E-state index >= 15 is 0 Å². The van der Waals surface area contributed by atoms with E-state index in [9.17, 15) is 4.79 Å². The lowest BCUT2D eigenvalue weighted by Gasteiger charge is -2.54. The van der Waals surface area contributed by atoms with Crippen molar-refractivity contribution in [3.05, 3.63) is 0 Å². The van der Waals surface area contributed by atoms with Crippen LogP contribution in [0.25, 0.3) is 0 Å². The van der Waals surface area contributed by atoms with Gasteiger partial charge in [-0.2, -0.15) is 0 Å². The number of nitrogens with one attached hydrogen (secondary N) is 1. The Morgan fingerprint density at radius 3 is 1.91 bits per heavy atom. The Bertz CT molecular complexity index is 442. The van der Waals surface area contributed by atoms with Gasteiger partial charge in [-0.15, -0.1) is 12.4 Å². The number of hydrogen-bond donors (Lipinski definition) is 1. The third kappa shape index (κ3) is 2.63. The largest absolute Gasteiger partial charge is 0.342 e. The first-order chi connectivity index (χ1) is 10.7. The minimum Gasteiger partial charge on any atom is -0.342 e. The third-order valence-corrected chi connectivity index (χ3v) is 7.86. The molecule has 6 fully saturated rings. The summed E-state index contributed by atoms with van der Waals surface area (Å²) in [5.41, 5.74) is 0. The Hall–Kier alpha value is -0.280. The van der Waals surface area contributed by atoms with Gasteiger partial charge in [-0.05, 0) is 81.5 Å². The molecule has 23 heavy (non-hydrogen) atoms. The number of fused-ring (bicyclic) bond motifs is 2. The molecule has 6 rings (SSSR count). The maximum Gasteiger partial charge on any atom is 0.226 e. The molecule has 1 N–H and O–H groups in total. The van der Waals surface area contributed by atoms with Crippen molar-refractivity contribution >= 4 is 18.3 Å². The van der Waals surface area contributed by atoms with Crippen molar-refractivity contribution in [1.82, 2.24) is 10.2 Å². The lowest BCUT2D eigenvalue weighted by atomic mass is 9.51. The summed E-state index contributed by atoms with van der Waals surface area (Å²) in [6, 6.07) is 1.86. The van der Waals surface area contributed by atoms with Crippen LogP contribution in [0, 0.1) is 29.6 Å². The van der Waals surface area contributed by atoms with Crippen molar-refractivity contribution in [3.63, 3.8) is 0 Å². The van der Waals surface area contributed by atoms with Gasteiger partial charge in [0.15, 0.2) is 0 Å². The molecule has 2 saturated heterocycles. The van der Waals surface area contributed by atoms with E-state index in [-0.39, 0.29) is 12.4 Å². The van der Waals surface area contributed by atoms with Gasteiger partial charge in [-0.3, -0.25) is 4.79 Å². The van der Waals surface area contributed by atoms with Crippen LogP contribution in [0.4, 0.5) is 0 Å². The van der Waals surface area contributed by atoms with E-state index in [4.69, 9.17) is 0 Å². The van der Waals surface area contributed by atoms with Gasteiger partial charge in [-0.1, -0.05) is 0 Å². The first kappa shape index (κ1) is 16.2. The van der Waals surface area contributed by atoms with Crippen LogP contribution >= 0.6 is 12.4 Å². The van der Waals surface area contributed by atoms with E-state index in [0.29, 0.717) is 30.0 Å². The van der Waals surface area contributed by atoms with Gasteiger partial charge >= 0.3 is 0 Å². The van der Waals surface area contributed by atoms with Crippen molar-refractivity contribution in [1.29, 1.82) is 0 Å². The molecule has 0 aromatic carbocycles. The lowest BCUT2D eigenvalue weighted by Crippen LogP contribution is -2.55. The van der Waals surface area contributed by atoms with Crippen LogP contribution in [0.5, 0.6) is 0 Å². The van der Waals surface area contributed by atoms with Gasteiger partial charge in [0.1, 0.15) is 0 Å². The van der Waals surface area contributed by atoms with Crippen LogP contribution in [-0.2, 0) is 4.79 Å². The third-order valence-electron chi connectivity index (χ3n) is 7.86. The minimum absolute atomic E-state index is 0. The number of rotatable bonds is 2. The molecule has 6 bridgehead atoms. The first-order valence-electron chi connectivity index (χ1n) is 9.70. The van der Waals surface area contributed by atoms with Gasteiger partial charge in [0.25, 0.3) is 0 Å². The Balaban J connectivity index is 0.00000135. The molecule has 2 atom stereocenters. The molecule has 2 aliphatic heterocycles. The van der Waals surface area contributed by atoms with E-state index < -0.39 is 0 Å². The molecule has 3 nitrogen and oxygen atoms in total. The molecule has 130 valence electrons. The summed E-state index contributed by atoms with van der Waals surface area (Å²) in [6.45, 7) is 0. The zero-order valence-corrected chi connectivity index (χ0v) is 15.1. The van der Waals surface area contributed by atoms with E-state index in [1.807, 2.05) is 0 Å². The molecule has 4 saturated carbocycles. The summed E-state index contributed by atoms with van der Waals surface area (Å²) in [4.78, 5) is 15.5. The van der Waals surface area contributed by atoms with Gasteiger partial charge in [0.2, 0.25) is 5.91 Å². The summed E-state index contributed by atoms with van der Waals surface area (Å²) in [6.07, 6.45) is 11.9. The van der Waals surface area contributed by atoms with Crippen LogP contribution in [0.2, 0.25) is 0 Å². The van der Waals surface area contributed by atoms with Crippen LogP contribution in [0.1, 0.15) is 57.8 Å². The topological polar surface area (TPSA) is 32.3 Å². The fraction of sp³-hybridized carbons (Fsp3) is 0.947. The highest BCUT2D eigenvalue weighted by atomic mass is 35.5. The number of amides is 1. The lowest BCUT2D eigenvalue weighted by molar-refractivity contribution is -0.150. The first-order valence-corrected chi connectivity index (χ1v) is 9.70. The van der Waals surface area contributed by atoms with Crippen molar-refractivity contribution < 1.29 is 4.79 Å².